The molecule has 0 saturated carbocycles. The SMILES string of the molecule is CC(C)COc1ccc(NC(=O)CNc2cccc(OC(C)C)c2)cc1. The van der Waals surface area contributed by atoms with E-state index >= 15 is 0 Å². The van der Waals surface area contributed by atoms with Crippen molar-refractivity contribution in [2.24, 2.45) is 5.92 Å². The maximum absolute atomic E-state index is 12.1. The lowest BCUT2D eigenvalue weighted by atomic mass is 10.2. The summed E-state index contributed by atoms with van der Waals surface area (Å²) in [6.45, 7) is 9.02. The Labute approximate surface area is 155 Å². The van der Waals surface area contributed by atoms with E-state index in [1.54, 1.807) is 0 Å². The summed E-state index contributed by atoms with van der Waals surface area (Å²) >= 11 is 0. The van der Waals surface area contributed by atoms with Gasteiger partial charge in [0.15, 0.2) is 0 Å². The van der Waals surface area contributed by atoms with Crippen LogP contribution in [-0.2, 0) is 4.79 Å². The molecule has 0 radical (unpaired) electrons. The van der Waals surface area contributed by atoms with Gasteiger partial charge in [0.25, 0.3) is 0 Å². The minimum absolute atomic E-state index is 0.112. The van der Waals surface area contributed by atoms with Crippen LogP contribution in [0.5, 0.6) is 11.5 Å². The van der Waals surface area contributed by atoms with Gasteiger partial charge < -0.3 is 20.1 Å². The number of benzene rings is 2. The zero-order chi connectivity index (χ0) is 18.9. The lowest BCUT2D eigenvalue weighted by Gasteiger charge is -2.12. The maximum atomic E-state index is 12.1. The van der Waals surface area contributed by atoms with Gasteiger partial charge in [0.1, 0.15) is 11.5 Å². The second kappa shape index (κ2) is 9.70. The van der Waals surface area contributed by atoms with Crippen LogP contribution in [0.3, 0.4) is 0 Å². The van der Waals surface area contributed by atoms with Crippen molar-refractivity contribution in [3.63, 3.8) is 0 Å². The lowest BCUT2D eigenvalue weighted by molar-refractivity contribution is -0.114. The van der Waals surface area contributed by atoms with E-state index in [0.717, 1.165) is 22.9 Å². The fourth-order valence-electron chi connectivity index (χ4n) is 2.24. The Morgan fingerprint density at radius 2 is 1.69 bits per heavy atom. The second-order valence-corrected chi connectivity index (χ2v) is 6.83. The number of rotatable bonds is 9. The largest absolute Gasteiger partial charge is 0.493 e. The van der Waals surface area contributed by atoms with Crippen molar-refractivity contribution in [3.8, 4) is 11.5 Å². The highest BCUT2D eigenvalue weighted by Gasteiger charge is 2.05. The Balaban J connectivity index is 1.81. The van der Waals surface area contributed by atoms with E-state index in [2.05, 4.69) is 24.5 Å². The van der Waals surface area contributed by atoms with E-state index in [1.165, 1.54) is 0 Å². The molecule has 0 aliphatic heterocycles. The summed E-state index contributed by atoms with van der Waals surface area (Å²) in [5.41, 5.74) is 1.58. The molecule has 0 aromatic heterocycles. The molecule has 2 aromatic carbocycles. The first-order chi connectivity index (χ1) is 12.4. The van der Waals surface area contributed by atoms with Crippen molar-refractivity contribution in [3.05, 3.63) is 48.5 Å². The van der Waals surface area contributed by atoms with Gasteiger partial charge in [0.05, 0.1) is 19.3 Å². The van der Waals surface area contributed by atoms with Gasteiger partial charge in [-0.05, 0) is 56.2 Å². The summed E-state index contributed by atoms with van der Waals surface area (Å²) in [5, 5.41) is 5.97. The van der Waals surface area contributed by atoms with Crippen LogP contribution in [0.4, 0.5) is 11.4 Å². The molecule has 140 valence electrons. The normalized spacial score (nSPS) is 10.7. The van der Waals surface area contributed by atoms with Gasteiger partial charge in [-0.15, -0.1) is 0 Å². The maximum Gasteiger partial charge on any atom is 0.243 e. The van der Waals surface area contributed by atoms with Gasteiger partial charge >= 0.3 is 0 Å². The van der Waals surface area contributed by atoms with Crippen LogP contribution < -0.4 is 20.1 Å². The smallest absolute Gasteiger partial charge is 0.243 e. The minimum atomic E-state index is -0.115. The van der Waals surface area contributed by atoms with E-state index in [4.69, 9.17) is 9.47 Å². The number of ether oxygens (including phenoxy) is 2. The molecule has 5 heteroatoms. The quantitative estimate of drug-likeness (QED) is 0.691. The predicted octanol–water partition coefficient (Wildman–Crippen LogP) is 4.56. The van der Waals surface area contributed by atoms with E-state index in [-0.39, 0.29) is 18.6 Å². The molecule has 0 aliphatic carbocycles. The van der Waals surface area contributed by atoms with E-state index in [9.17, 15) is 4.79 Å². The number of carbonyl (C=O) groups excluding carboxylic acids is 1. The lowest BCUT2D eigenvalue weighted by Crippen LogP contribution is -2.21. The number of hydrogen-bond acceptors (Lipinski definition) is 4. The van der Waals surface area contributed by atoms with Crippen LogP contribution in [0, 0.1) is 5.92 Å². The molecule has 2 N–H and O–H groups in total. The Morgan fingerprint density at radius 3 is 2.35 bits per heavy atom. The molecule has 2 aromatic rings. The highest BCUT2D eigenvalue weighted by atomic mass is 16.5. The molecule has 0 unspecified atom stereocenters. The first kappa shape index (κ1) is 19.6. The fourth-order valence-corrected chi connectivity index (χ4v) is 2.24. The molecule has 5 nitrogen and oxygen atoms in total. The number of carbonyl (C=O) groups is 1. The highest BCUT2D eigenvalue weighted by molar-refractivity contribution is 5.93. The molecule has 0 fully saturated rings. The Hall–Kier alpha value is -2.69. The molecule has 0 aliphatic rings. The zero-order valence-electron chi connectivity index (χ0n) is 15.9. The highest BCUT2D eigenvalue weighted by Crippen LogP contribution is 2.19. The summed E-state index contributed by atoms with van der Waals surface area (Å²) in [6, 6.07) is 15.0. The van der Waals surface area contributed by atoms with Gasteiger partial charge in [-0.2, -0.15) is 0 Å². The molecule has 0 saturated heterocycles. The first-order valence-corrected chi connectivity index (χ1v) is 8.95. The number of anilines is 2. The predicted molar refractivity (Wildman–Crippen MR) is 106 cm³/mol. The molecule has 0 bridgehead atoms. The van der Waals surface area contributed by atoms with Crippen LogP contribution >= 0.6 is 0 Å². The van der Waals surface area contributed by atoms with Crippen LogP contribution in [0.2, 0.25) is 0 Å². The van der Waals surface area contributed by atoms with Crippen LogP contribution in [-0.4, -0.2) is 25.2 Å². The molecule has 2 rings (SSSR count). The molecule has 0 heterocycles. The third-order valence-electron chi connectivity index (χ3n) is 3.38. The topological polar surface area (TPSA) is 59.6 Å². The third kappa shape index (κ3) is 7.05. The Kier molecular flexibility index (Phi) is 7.33. The van der Waals surface area contributed by atoms with Crippen LogP contribution in [0.25, 0.3) is 0 Å². The molecular formula is C21H28N2O3. The average Bonchev–Trinajstić information content (AvgIpc) is 2.59. The summed E-state index contributed by atoms with van der Waals surface area (Å²) in [7, 11) is 0. The fraction of sp³-hybridized carbons (Fsp3) is 0.381. The van der Waals surface area contributed by atoms with Crippen molar-refractivity contribution in [2.45, 2.75) is 33.8 Å². The average molecular weight is 356 g/mol. The van der Waals surface area contributed by atoms with Gasteiger partial charge in [0.2, 0.25) is 5.91 Å². The van der Waals surface area contributed by atoms with Crippen molar-refractivity contribution in [1.82, 2.24) is 0 Å². The second-order valence-electron chi connectivity index (χ2n) is 6.83. The number of amides is 1. The van der Waals surface area contributed by atoms with Crippen molar-refractivity contribution >= 4 is 17.3 Å². The molecular weight excluding hydrogens is 328 g/mol. The number of nitrogens with one attached hydrogen (secondary N) is 2. The van der Waals surface area contributed by atoms with Gasteiger partial charge in [-0.1, -0.05) is 19.9 Å². The minimum Gasteiger partial charge on any atom is -0.493 e. The summed E-state index contributed by atoms with van der Waals surface area (Å²) in [4.78, 5) is 12.1. The van der Waals surface area contributed by atoms with Crippen LogP contribution in [0.1, 0.15) is 27.7 Å². The summed E-state index contributed by atoms with van der Waals surface area (Å²) in [6.07, 6.45) is 0.112. The Bertz CT molecular complexity index is 697. The number of hydrogen-bond donors (Lipinski definition) is 2. The molecule has 0 spiro atoms. The van der Waals surface area contributed by atoms with Gasteiger partial charge in [-0.25, -0.2) is 0 Å². The Morgan fingerprint density at radius 1 is 0.962 bits per heavy atom. The molecule has 0 atom stereocenters. The van der Waals surface area contributed by atoms with Gasteiger partial charge in [0, 0.05) is 17.4 Å². The molecule has 26 heavy (non-hydrogen) atoms. The molecule has 1 amide bonds. The monoisotopic (exact) mass is 356 g/mol. The standard InChI is InChI=1S/C21H28N2O3/c1-15(2)14-25-19-10-8-17(9-11-19)23-21(24)13-22-18-6-5-7-20(12-18)26-16(3)4/h5-12,15-16,22H,13-14H2,1-4H3,(H,23,24). The first-order valence-electron chi connectivity index (χ1n) is 8.95. The summed E-state index contributed by atoms with van der Waals surface area (Å²) < 4.78 is 11.3. The van der Waals surface area contributed by atoms with Crippen molar-refractivity contribution < 1.29 is 14.3 Å². The van der Waals surface area contributed by atoms with Crippen LogP contribution in [0.15, 0.2) is 48.5 Å². The van der Waals surface area contributed by atoms with Crippen molar-refractivity contribution in [1.29, 1.82) is 0 Å². The van der Waals surface area contributed by atoms with E-state index in [0.29, 0.717) is 12.5 Å². The van der Waals surface area contributed by atoms with Gasteiger partial charge in [-0.3, -0.25) is 4.79 Å². The van der Waals surface area contributed by atoms with E-state index < -0.39 is 0 Å². The van der Waals surface area contributed by atoms with E-state index in [1.807, 2.05) is 62.4 Å². The van der Waals surface area contributed by atoms with Crippen molar-refractivity contribution in [2.75, 3.05) is 23.8 Å². The summed E-state index contributed by atoms with van der Waals surface area (Å²) in [5.74, 6) is 1.94. The zero-order valence-corrected chi connectivity index (χ0v) is 15.9. The third-order valence-corrected chi connectivity index (χ3v) is 3.38.